The number of hydrogen-bond acceptors (Lipinski definition) is 2. The van der Waals surface area contributed by atoms with Gasteiger partial charge in [0.2, 0.25) is 0 Å². The Bertz CT molecular complexity index is 683. The lowest BCUT2D eigenvalue weighted by Crippen LogP contribution is -1.83. The molecule has 3 rings (SSSR count). The van der Waals surface area contributed by atoms with Crippen LogP contribution in [-0.4, -0.2) is 9.55 Å². The van der Waals surface area contributed by atoms with Gasteiger partial charge in [-0.1, -0.05) is 29.5 Å². The van der Waals surface area contributed by atoms with E-state index in [1.54, 1.807) is 11.8 Å². The standard InChI is InChI=1S/C15H14N2S/c1-11-3-5-12(6-4-11)18-13-7-8-14-15(9-13)17(2)10-16-14/h3-10H,1-2H3. The van der Waals surface area contributed by atoms with Crippen molar-refractivity contribution in [2.24, 2.45) is 7.05 Å². The third-order valence-corrected chi connectivity index (χ3v) is 3.95. The monoisotopic (exact) mass is 254 g/mol. The lowest BCUT2D eigenvalue weighted by Gasteiger charge is -2.03. The first-order valence-corrected chi connectivity index (χ1v) is 6.69. The molecule has 0 aliphatic carbocycles. The molecule has 0 spiro atoms. The quantitative estimate of drug-likeness (QED) is 0.687. The van der Waals surface area contributed by atoms with Crippen LogP contribution in [0.25, 0.3) is 11.0 Å². The Labute approximate surface area is 111 Å². The highest BCUT2D eigenvalue weighted by Crippen LogP contribution is 2.29. The van der Waals surface area contributed by atoms with Crippen LogP contribution in [0, 0.1) is 6.92 Å². The van der Waals surface area contributed by atoms with Gasteiger partial charge in [-0.2, -0.15) is 0 Å². The second-order valence-corrected chi connectivity index (χ2v) is 5.57. The minimum atomic E-state index is 1.05. The minimum Gasteiger partial charge on any atom is -0.334 e. The van der Waals surface area contributed by atoms with Gasteiger partial charge < -0.3 is 4.57 Å². The number of rotatable bonds is 2. The van der Waals surface area contributed by atoms with E-state index in [1.807, 2.05) is 13.4 Å². The molecule has 0 atom stereocenters. The average molecular weight is 254 g/mol. The summed E-state index contributed by atoms with van der Waals surface area (Å²) in [6.45, 7) is 2.11. The summed E-state index contributed by atoms with van der Waals surface area (Å²) in [5.74, 6) is 0. The molecular formula is C15H14N2S. The topological polar surface area (TPSA) is 17.8 Å². The molecule has 0 radical (unpaired) electrons. The highest BCUT2D eigenvalue weighted by molar-refractivity contribution is 7.99. The normalized spacial score (nSPS) is 11.0. The molecule has 1 aromatic heterocycles. The van der Waals surface area contributed by atoms with Crippen LogP contribution in [0.15, 0.2) is 58.6 Å². The molecule has 3 heteroatoms. The lowest BCUT2D eigenvalue weighted by molar-refractivity contribution is 0.946. The van der Waals surface area contributed by atoms with Gasteiger partial charge in [-0.25, -0.2) is 4.98 Å². The van der Waals surface area contributed by atoms with Gasteiger partial charge in [0, 0.05) is 16.8 Å². The Balaban J connectivity index is 1.94. The molecular weight excluding hydrogens is 240 g/mol. The summed E-state index contributed by atoms with van der Waals surface area (Å²) >= 11 is 1.78. The van der Waals surface area contributed by atoms with Crippen molar-refractivity contribution in [1.82, 2.24) is 9.55 Å². The number of hydrogen-bond donors (Lipinski definition) is 0. The van der Waals surface area contributed by atoms with E-state index in [1.165, 1.54) is 20.9 Å². The molecule has 2 nitrogen and oxygen atoms in total. The van der Waals surface area contributed by atoms with Crippen molar-refractivity contribution in [1.29, 1.82) is 0 Å². The lowest BCUT2D eigenvalue weighted by atomic mass is 10.2. The number of aryl methyl sites for hydroxylation is 2. The Morgan fingerprint density at radius 3 is 2.50 bits per heavy atom. The second-order valence-electron chi connectivity index (χ2n) is 4.42. The average Bonchev–Trinajstić information content (AvgIpc) is 2.74. The molecule has 3 aromatic rings. The molecule has 0 saturated heterocycles. The number of nitrogens with zero attached hydrogens (tertiary/aromatic N) is 2. The molecule has 1 heterocycles. The van der Waals surface area contributed by atoms with Crippen LogP contribution < -0.4 is 0 Å². The van der Waals surface area contributed by atoms with E-state index in [2.05, 4.69) is 58.9 Å². The predicted molar refractivity (Wildman–Crippen MR) is 76.0 cm³/mol. The van der Waals surface area contributed by atoms with E-state index >= 15 is 0 Å². The molecule has 0 unspecified atom stereocenters. The van der Waals surface area contributed by atoms with Crippen molar-refractivity contribution in [3.63, 3.8) is 0 Å². The molecule has 0 N–H and O–H groups in total. The van der Waals surface area contributed by atoms with E-state index in [-0.39, 0.29) is 0 Å². The number of aromatic nitrogens is 2. The van der Waals surface area contributed by atoms with Gasteiger partial charge in [-0.3, -0.25) is 0 Å². The van der Waals surface area contributed by atoms with Crippen LogP contribution >= 0.6 is 11.8 Å². The first-order chi connectivity index (χ1) is 8.72. The zero-order valence-electron chi connectivity index (χ0n) is 10.4. The van der Waals surface area contributed by atoms with E-state index < -0.39 is 0 Å². The van der Waals surface area contributed by atoms with Crippen LogP contribution in [0.3, 0.4) is 0 Å². The summed E-state index contributed by atoms with van der Waals surface area (Å²) in [6, 6.07) is 15.0. The van der Waals surface area contributed by atoms with E-state index in [0.29, 0.717) is 0 Å². The van der Waals surface area contributed by atoms with Gasteiger partial charge >= 0.3 is 0 Å². The largest absolute Gasteiger partial charge is 0.334 e. The van der Waals surface area contributed by atoms with Crippen molar-refractivity contribution < 1.29 is 0 Å². The fourth-order valence-electron chi connectivity index (χ4n) is 1.91. The summed E-state index contributed by atoms with van der Waals surface area (Å²) in [5, 5.41) is 0. The van der Waals surface area contributed by atoms with Gasteiger partial charge in [0.05, 0.1) is 17.4 Å². The summed E-state index contributed by atoms with van der Waals surface area (Å²) in [7, 11) is 2.02. The van der Waals surface area contributed by atoms with Crippen molar-refractivity contribution >= 4 is 22.8 Å². The first kappa shape index (κ1) is 11.4. The molecule has 0 aliphatic heterocycles. The molecule has 18 heavy (non-hydrogen) atoms. The van der Waals surface area contributed by atoms with Gasteiger partial charge in [0.15, 0.2) is 0 Å². The van der Waals surface area contributed by atoms with Gasteiger partial charge in [0.1, 0.15) is 0 Å². The number of fused-ring (bicyclic) bond motifs is 1. The SMILES string of the molecule is Cc1ccc(Sc2ccc3ncn(C)c3c2)cc1. The molecule has 0 saturated carbocycles. The molecule has 0 bridgehead atoms. The summed E-state index contributed by atoms with van der Waals surface area (Å²) in [5.41, 5.74) is 3.51. The van der Waals surface area contributed by atoms with Crippen LogP contribution in [0.5, 0.6) is 0 Å². The fourth-order valence-corrected chi connectivity index (χ4v) is 2.76. The van der Waals surface area contributed by atoms with Gasteiger partial charge in [-0.05, 0) is 37.3 Å². The fraction of sp³-hybridized carbons (Fsp3) is 0.133. The predicted octanol–water partition coefficient (Wildman–Crippen LogP) is 4.03. The highest BCUT2D eigenvalue weighted by Gasteiger charge is 2.02. The first-order valence-electron chi connectivity index (χ1n) is 5.88. The summed E-state index contributed by atoms with van der Waals surface area (Å²) < 4.78 is 2.05. The van der Waals surface area contributed by atoms with E-state index in [0.717, 1.165) is 5.52 Å². The molecule has 0 fully saturated rings. The van der Waals surface area contributed by atoms with E-state index in [4.69, 9.17) is 0 Å². The Morgan fingerprint density at radius 2 is 1.72 bits per heavy atom. The van der Waals surface area contributed by atoms with Crippen molar-refractivity contribution in [3.05, 3.63) is 54.4 Å². The minimum absolute atomic E-state index is 1.05. The van der Waals surface area contributed by atoms with Crippen molar-refractivity contribution in [2.75, 3.05) is 0 Å². The van der Waals surface area contributed by atoms with Crippen molar-refractivity contribution in [3.8, 4) is 0 Å². The maximum atomic E-state index is 4.33. The van der Waals surface area contributed by atoms with Crippen LogP contribution in [0.1, 0.15) is 5.56 Å². The number of imidazole rings is 1. The zero-order valence-corrected chi connectivity index (χ0v) is 11.2. The van der Waals surface area contributed by atoms with Crippen LogP contribution in [0.4, 0.5) is 0 Å². The second kappa shape index (κ2) is 4.50. The highest BCUT2D eigenvalue weighted by atomic mass is 32.2. The molecule has 2 aromatic carbocycles. The van der Waals surface area contributed by atoms with Crippen LogP contribution in [-0.2, 0) is 7.05 Å². The van der Waals surface area contributed by atoms with Crippen molar-refractivity contribution in [2.45, 2.75) is 16.7 Å². The Morgan fingerprint density at radius 1 is 1.00 bits per heavy atom. The van der Waals surface area contributed by atoms with Gasteiger partial charge in [0.25, 0.3) is 0 Å². The van der Waals surface area contributed by atoms with E-state index in [9.17, 15) is 0 Å². The summed E-state index contributed by atoms with van der Waals surface area (Å²) in [6.07, 6.45) is 1.85. The third kappa shape index (κ3) is 2.14. The molecule has 90 valence electrons. The molecule has 0 aliphatic rings. The Kier molecular flexibility index (Phi) is 2.84. The Hall–Kier alpha value is -1.74. The maximum Gasteiger partial charge on any atom is 0.0955 e. The molecule has 0 amide bonds. The zero-order chi connectivity index (χ0) is 12.5. The third-order valence-electron chi connectivity index (χ3n) is 2.95. The smallest absolute Gasteiger partial charge is 0.0955 e. The maximum absolute atomic E-state index is 4.33. The van der Waals surface area contributed by atoms with Gasteiger partial charge in [-0.15, -0.1) is 0 Å². The number of benzene rings is 2. The van der Waals surface area contributed by atoms with Crippen LogP contribution in [0.2, 0.25) is 0 Å². The summed E-state index contributed by atoms with van der Waals surface area (Å²) in [4.78, 5) is 6.84.